The van der Waals surface area contributed by atoms with Gasteiger partial charge in [-0.15, -0.1) is 0 Å². The van der Waals surface area contributed by atoms with Crippen molar-refractivity contribution in [3.63, 3.8) is 0 Å². The van der Waals surface area contributed by atoms with Gasteiger partial charge in [0.15, 0.2) is 0 Å². The Kier molecular flexibility index (Phi) is 6.47. The quantitative estimate of drug-likeness (QED) is 0.686. The summed E-state index contributed by atoms with van der Waals surface area (Å²) in [6, 6.07) is 0.478. The Morgan fingerprint density at radius 2 is 2.35 bits per heavy atom. The standard InChI is InChI=1S/C12H25N3O2/c1-15-6-4-3-5-10(15)9-14-12(16)7-11(8-13)17-2/h10-11H,3-9,13H2,1-2H3,(H,14,16). The number of nitrogens with two attached hydrogens (primary N) is 1. The zero-order valence-electron chi connectivity index (χ0n) is 10.9. The molecule has 100 valence electrons. The highest BCUT2D eigenvalue weighted by Gasteiger charge is 2.19. The summed E-state index contributed by atoms with van der Waals surface area (Å²) < 4.78 is 5.09. The Balaban J connectivity index is 2.22. The highest BCUT2D eigenvalue weighted by atomic mass is 16.5. The van der Waals surface area contributed by atoms with E-state index in [1.54, 1.807) is 7.11 Å². The van der Waals surface area contributed by atoms with Crippen molar-refractivity contribution in [2.24, 2.45) is 5.73 Å². The van der Waals surface area contributed by atoms with Crippen LogP contribution in [0.3, 0.4) is 0 Å². The van der Waals surface area contributed by atoms with Crippen LogP contribution in [-0.2, 0) is 9.53 Å². The molecule has 1 rings (SSSR count). The van der Waals surface area contributed by atoms with Crippen LogP contribution in [0.1, 0.15) is 25.7 Å². The van der Waals surface area contributed by atoms with E-state index in [1.807, 2.05) is 0 Å². The van der Waals surface area contributed by atoms with E-state index in [-0.39, 0.29) is 12.0 Å². The normalized spacial score (nSPS) is 23.4. The second kappa shape index (κ2) is 7.63. The van der Waals surface area contributed by atoms with Crippen molar-refractivity contribution in [1.82, 2.24) is 10.2 Å². The predicted molar refractivity (Wildman–Crippen MR) is 67.7 cm³/mol. The second-order valence-electron chi connectivity index (χ2n) is 4.73. The zero-order chi connectivity index (χ0) is 12.7. The van der Waals surface area contributed by atoms with E-state index in [0.717, 1.165) is 13.1 Å². The van der Waals surface area contributed by atoms with Gasteiger partial charge in [-0.2, -0.15) is 0 Å². The van der Waals surface area contributed by atoms with Gasteiger partial charge in [0, 0.05) is 26.2 Å². The third-order valence-electron chi connectivity index (χ3n) is 3.47. The van der Waals surface area contributed by atoms with Crippen molar-refractivity contribution in [1.29, 1.82) is 0 Å². The minimum absolute atomic E-state index is 0.0290. The maximum absolute atomic E-state index is 11.7. The van der Waals surface area contributed by atoms with Gasteiger partial charge in [0.25, 0.3) is 0 Å². The molecule has 1 aliphatic heterocycles. The monoisotopic (exact) mass is 243 g/mol. The molecule has 1 fully saturated rings. The Morgan fingerprint density at radius 1 is 1.59 bits per heavy atom. The van der Waals surface area contributed by atoms with Crippen molar-refractivity contribution in [3.8, 4) is 0 Å². The highest BCUT2D eigenvalue weighted by Crippen LogP contribution is 2.13. The van der Waals surface area contributed by atoms with Crippen LogP contribution in [0.5, 0.6) is 0 Å². The lowest BCUT2D eigenvalue weighted by atomic mass is 10.0. The molecule has 0 aromatic heterocycles. The lowest BCUT2D eigenvalue weighted by Crippen LogP contribution is -2.45. The van der Waals surface area contributed by atoms with E-state index in [4.69, 9.17) is 10.5 Å². The summed E-state index contributed by atoms with van der Waals surface area (Å²) in [5, 5.41) is 2.97. The fourth-order valence-electron chi connectivity index (χ4n) is 2.18. The summed E-state index contributed by atoms with van der Waals surface area (Å²) in [7, 11) is 3.70. The maximum atomic E-state index is 11.7. The van der Waals surface area contributed by atoms with Gasteiger partial charge in [-0.1, -0.05) is 6.42 Å². The molecule has 0 radical (unpaired) electrons. The van der Waals surface area contributed by atoms with Gasteiger partial charge in [0.1, 0.15) is 0 Å². The molecule has 0 saturated carbocycles. The van der Waals surface area contributed by atoms with Crippen molar-refractivity contribution in [2.45, 2.75) is 37.8 Å². The highest BCUT2D eigenvalue weighted by molar-refractivity contribution is 5.76. The Labute approximate surface area is 104 Å². The van der Waals surface area contributed by atoms with E-state index >= 15 is 0 Å². The summed E-state index contributed by atoms with van der Waals surface area (Å²) >= 11 is 0. The van der Waals surface area contributed by atoms with Crippen LogP contribution in [0, 0.1) is 0 Å². The smallest absolute Gasteiger partial charge is 0.222 e. The average molecular weight is 243 g/mol. The SMILES string of the molecule is COC(CN)CC(=O)NCC1CCCCN1C. The summed E-state index contributed by atoms with van der Waals surface area (Å²) in [6.45, 7) is 2.24. The van der Waals surface area contributed by atoms with Gasteiger partial charge in [-0.3, -0.25) is 4.79 Å². The molecule has 0 aromatic carbocycles. The molecule has 1 aliphatic rings. The number of methoxy groups -OCH3 is 1. The van der Waals surface area contributed by atoms with E-state index < -0.39 is 0 Å². The molecule has 17 heavy (non-hydrogen) atoms. The molecule has 0 bridgehead atoms. The van der Waals surface area contributed by atoms with Crippen molar-refractivity contribution in [3.05, 3.63) is 0 Å². The lowest BCUT2D eigenvalue weighted by Gasteiger charge is -2.32. The van der Waals surface area contributed by atoms with Gasteiger partial charge >= 0.3 is 0 Å². The average Bonchev–Trinajstić information content (AvgIpc) is 2.35. The lowest BCUT2D eigenvalue weighted by molar-refractivity contribution is -0.123. The molecule has 3 N–H and O–H groups in total. The number of carbonyl (C=O) groups is 1. The topological polar surface area (TPSA) is 67.6 Å². The minimum Gasteiger partial charge on any atom is -0.380 e. The van der Waals surface area contributed by atoms with Crippen LogP contribution in [0.2, 0.25) is 0 Å². The number of amides is 1. The number of likely N-dealkylation sites (N-methyl/N-ethyl adjacent to an activating group) is 1. The first-order chi connectivity index (χ1) is 8.17. The van der Waals surface area contributed by atoms with Crippen molar-refractivity contribution >= 4 is 5.91 Å². The molecule has 1 saturated heterocycles. The van der Waals surface area contributed by atoms with E-state index in [2.05, 4.69) is 17.3 Å². The number of hydrogen-bond donors (Lipinski definition) is 2. The van der Waals surface area contributed by atoms with Crippen LogP contribution in [0.15, 0.2) is 0 Å². The second-order valence-corrected chi connectivity index (χ2v) is 4.73. The van der Waals surface area contributed by atoms with E-state index in [9.17, 15) is 4.79 Å². The number of carbonyl (C=O) groups excluding carboxylic acids is 1. The van der Waals surface area contributed by atoms with Gasteiger partial charge in [0.2, 0.25) is 5.91 Å². The molecule has 1 heterocycles. The van der Waals surface area contributed by atoms with E-state index in [1.165, 1.54) is 19.3 Å². The molecular formula is C12H25N3O2. The van der Waals surface area contributed by atoms with Gasteiger partial charge in [-0.05, 0) is 26.4 Å². The molecule has 5 heteroatoms. The number of piperidine rings is 1. The first-order valence-electron chi connectivity index (χ1n) is 6.37. The number of nitrogens with one attached hydrogen (secondary N) is 1. The molecule has 2 atom stereocenters. The van der Waals surface area contributed by atoms with Gasteiger partial charge in [0.05, 0.1) is 12.5 Å². The molecule has 2 unspecified atom stereocenters. The number of hydrogen-bond acceptors (Lipinski definition) is 4. The summed E-state index contributed by atoms with van der Waals surface area (Å²) in [4.78, 5) is 14.0. The molecule has 1 amide bonds. The zero-order valence-corrected chi connectivity index (χ0v) is 10.9. The summed E-state index contributed by atoms with van der Waals surface area (Å²) in [6.07, 6.45) is 3.87. The predicted octanol–water partition coefficient (Wildman–Crippen LogP) is -0.0493. The molecule has 5 nitrogen and oxygen atoms in total. The largest absolute Gasteiger partial charge is 0.380 e. The first-order valence-corrected chi connectivity index (χ1v) is 6.37. The fourth-order valence-corrected chi connectivity index (χ4v) is 2.18. The van der Waals surface area contributed by atoms with Crippen LogP contribution in [0.25, 0.3) is 0 Å². The molecule has 0 spiro atoms. The number of nitrogens with zero attached hydrogens (tertiary/aromatic N) is 1. The third kappa shape index (κ3) is 5.02. The Hall–Kier alpha value is -0.650. The summed E-state index contributed by atoms with van der Waals surface area (Å²) in [5.74, 6) is 0.0290. The number of rotatable bonds is 6. The van der Waals surface area contributed by atoms with Crippen LogP contribution in [-0.4, -0.2) is 56.7 Å². The van der Waals surface area contributed by atoms with Gasteiger partial charge < -0.3 is 20.7 Å². The van der Waals surface area contributed by atoms with Crippen LogP contribution in [0.4, 0.5) is 0 Å². The van der Waals surface area contributed by atoms with E-state index in [0.29, 0.717) is 19.0 Å². The van der Waals surface area contributed by atoms with Crippen molar-refractivity contribution < 1.29 is 9.53 Å². The third-order valence-corrected chi connectivity index (χ3v) is 3.47. The number of ether oxygens (including phenoxy) is 1. The first kappa shape index (κ1) is 14.4. The fraction of sp³-hybridized carbons (Fsp3) is 0.917. The van der Waals surface area contributed by atoms with Crippen molar-refractivity contribution in [2.75, 3.05) is 33.8 Å². The molecular weight excluding hydrogens is 218 g/mol. The molecule has 0 aromatic rings. The molecule has 0 aliphatic carbocycles. The Bertz CT molecular complexity index is 232. The minimum atomic E-state index is -0.168. The van der Waals surface area contributed by atoms with Crippen LogP contribution >= 0.6 is 0 Å². The Morgan fingerprint density at radius 3 is 2.94 bits per heavy atom. The summed E-state index contributed by atoms with van der Waals surface area (Å²) in [5.41, 5.74) is 5.48. The maximum Gasteiger partial charge on any atom is 0.222 e. The van der Waals surface area contributed by atoms with Crippen LogP contribution < -0.4 is 11.1 Å². The number of likely N-dealkylation sites (tertiary alicyclic amines) is 1. The van der Waals surface area contributed by atoms with Gasteiger partial charge in [-0.25, -0.2) is 0 Å².